The molecule has 0 saturated heterocycles. The molecule has 0 unspecified atom stereocenters. The van der Waals surface area contributed by atoms with Gasteiger partial charge in [0.25, 0.3) is 5.91 Å². The maximum Gasteiger partial charge on any atom is 0.439 e. The summed E-state index contributed by atoms with van der Waals surface area (Å²) in [5.41, 5.74) is 1.05. The van der Waals surface area contributed by atoms with Gasteiger partial charge in [0.2, 0.25) is 0 Å². The van der Waals surface area contributed by atoms with Crippen molar-refractivity contribution in [1.29, 1.82) is 0 Å². The maximum atomic E-state index is 12.5. The SMILES string of the molecule is C[C@H](O)CCNC(=O)c1cc(-c2noc(=O)[nH]2)cc2ccccc12. The van der Waals surface area contributed by atoms with Crippen LogP contribution in [0.5, 0.6) is 0 Å². The van der Waals surface area contributed by atoms with Crippen molar-refractivity contribution >= 4 is 16.7 Å². The van der Waals surface area contributed by atoms with E-state index in [2.05, 4.69) is 20.0 Å². The Hall–Kier alpha value is -2.93. The molecule has 24 heavy (non-hydrogen) atoms. The highest BCUT2D eigenvalue weighted by Gasteiger charge is 2.14. The minimum atomic E-state index is -0.652. The van der Waals surface area contributed by atoms with Gasteiger partial charge in [-0.25, -0.2) is 4.79 Å². The maximum absolute atomic E-state index is 12.5. The largest absolute Gasteiger partial charge is 0.439 e. The Bertz CT molecular complexity index is 927. The number of rotatable bonds is 5. The molecule has 1 aromatic heterocycles. The third kappa shape index (κ3) is 3.36. The number of aliphatic hydroxyl groups excluding tert-OH is 1. The molecule has 7 heteroatoms. The molecular formula is C17H17N3O4. The minimum Gasteiger partial charge on any atom is -0.393 e. The zero-order chi connectivity index (χ0) is 17.1. The van der Waals surface area contributed by atoms with Crippen molar-refractivity contribution < 1.29 is 14.4 Å². The predicted molar refractivity (Wildman–Crippen MR) is 88.7 cm³/mol. The zero-order valence-corrected chi connectivity index (χ0v) is 13.1. The number of aromatic amines is 1. The van der Waals surface area contributed by atoms with Crippen LogP contribution in [0.1, 0.15) is 23.7 Å². The summed E-state index contributed by atoms with van der Waals surface area (Å²) in [6.45, 7) is 2.04. The molecule has 1 heterocycles. The first-order chi connectivity index (χ1) is 11.5. The number of carbonyl (C=O) groups is 1. The fourth-order valence-corrected chi connectivity index (χ4v) is 2.48. The summed E-state index contributed by atoms with van der Waals surface area (Å²) in [7, 11) is 0. The molecule has 0 spiro atoms. The first-order valence-corrected chi connectivity index (χ1v) is 7.60. The van der Waals surface area contributed by atoms with E-state index >= 15 is 0 Å². The monoisotopic (exact) mass is 327 g/mol. The van der Waals surface area contributed by atoms with Gasteiger partial charge in [0.1, 0.15) is 0 Å². The van der Waals surface area contributed by atoms with E-state index in [4.69, 9.17) is 0 Å². The van der Waals surface area contributed by atoms with Crippen LogP contribution in [0.3, 0.4) is 0 Å². The summed E-state index contributed by atoms with van der Waals surface area (Å²) in [5, 5.41) is 17.4. The zero-order valence-electron chi connectivity index (χ0n) is 13.1. The number of hydrogen-bond donors (Lipinski definition) is 3. The molecule has 0 aliphatic rings. The standard InChI is InChI=1S/C17H17N3O4/c1-10(21)6-7-18-16(22)14-9-12(15-19-17(23)24-20-15)8-11-4-2-3-5-13(11)14/h2-5,8-10,21H,6-7H2,1H3,(H,18,22)(H,19,20,23)/t10-/m0/s1. The fraction of sp³-hybridized carbons (Fsp3) is 0.235. The van der Waals surface area contributed by atoms with E-state index in [0.29, 0.717) is 24.1 Å². The van der Waals surface area contributed by atoms with Crippen LogP contribution in [-0.2, 0) is 0 Å². The molecule has 0 bridgehead atoms. The molecule has 3 N–H and O–H groups in total. The quantitative estimate of drug-likeness (QED) is 0.661. The molecule has 0 radical (unpaired) electrons. The molecule has 0 aliphatic carbocycles. The number of carbonyl (C=O) groups excluding carboxylic acids is 1. The Morgan fingerprint density at radius 1 is 1.38 bits per heavy atom. The predicted octanol–water partition coefficient (Wildman–Crippen LogP) is 1.68. The van der Waals surface area contributed by atoms with Crippen LogP contribution in [0.4, 0.5) is 0 Å². The second kappa shape index (κ2) is 6.67. The van der Waals surface area contributed by atoms with E-state index in [-0.39, 0.29) is 11.7 Å². The molecule has 2 aromatic carbocycles. The van der Waals surface area contributed by atoms with E-state index in [1.165, 1.54) is 0 Å². The molecule has 1 amide bonds. The molecule has 3 rings (SSSR count). The summed E-state index contributed by atoms with van der Waals surface area (Å²) in [6.07, 6.45) is -0.00597. The number of nitrogens with one attached hydrogen (secondary N) is 2. The van der Waals surface area contributed by atoms with Crippen molar-refractivity contribution in [2.45, 2.75) is 19.4 Å². The number of nitrogens with zero attached hydrogens (tertiary/aromatic N) is 1. The number of aliphatic hydroxyl groups is 1. The van der Waals surface area contributed by atoms with E-state index < -0.39 is 11.9 Å². The van der Waals surface area contributed by atoms with Gasteiger partial charge in [-0.15, -0.1) is 0 Å². The highest BCUT2D eigenvalue weighted by molar-refractivity contribution is 6.08. The van der Waals surface area contributed by atoms with Crippen LogP contribution >= 0.6 is 0 Å². The van der Waals surface area contributed by atoms with Crippen LogP contribution in [0.25, 0.3) is 22.2 Å². The average molecular weight is 327 g/mol. The summed E-state index contributed by atoms with van der Waals surface area (Å²) >= 11 is 0. The van der Waals surface area contributed by atoms with Crippen molar-refractivity contribution in [2.75, 3.05) is 6.54 Å². The van der Waals surface area contributed by atoms with Crippen molar-refractivity contribution in [3.8, 4) is 11.4 Å². The second-order valence-electron chi connectivity index (χ2n) is 5.58. The molecule has 3 aromatic rings. The molecule has 1 atom stereocenters. The fourth-order valence-electron chi connectivity index (χ4n) is 2.48. The highest BCUT2D eigenvalue weighted by Crippen LogP contribution is 2.25. The Morgan fingerprint density at radius 2 is 2.17 bits per heavy atom. The van der Waals surface area contributed by atoms with Gasteiger partial charge in [-0.2, -0.15) is 0 Å². The van der Waals surface area contributed by atoms with Gasteiger partial charge in [0.15, 0.2) is 5.82 Å². The molecule has 0 fully saturated rings. The first-order valence-electron chi connectivity index (χ1n) is 7.60. The van der Waals surface area contributed by atoms with Crippen LogP contribution in [0.2, 0.25) is 0 Å². The highest BCUT2D eigenvalue weighted by atomic mass is 16.5. The smallest absolute Gasteiger partial charge is 0.393 e. The van der Waals surface area contributed by atoms with E-state index in [1.807, 2.05) is 30.3 Å². The van der Waals surface area contributed by atoms with Crippen LogP contribution in [0, 0.1) is 0 Å². The average Bonchev–Trinajstić information content (AvgIpc) is 3.00. The Balaban J connectivity index is 2.01. The van der Waals surface area contributed by atoms with E-state index in [0.717, 1.165) is 10.8 Å². The number of amides is 1. The lowest BCUT2D eigenvalue weighted by Gasteiger charge is -2.10. The lowest BCUT2D eigenvalue weighted by Crippen LogP contribution is -2.26. The molecule has 124 valence electrons. The van der Waals surface area contributed by atoms with Gasteiger partial charge in [0, 0.05) is 17.7 Å². The summed E-state index contributed by atoms with van der Waals surface area (Å²) < 4.78 is 4.53. The first kappa shape index (κ1) is 15.9. The number of fused-ring (bicyclic) bond motifs is 1. The number of hydrogen-bond acceptors (Lipinski definition) is 5. The van der Waals surface area contributed by atoms with Crippen LogP contribution in [0.15, 0.2) is 45.7 Å². The van der Waals surface area contributed by atoms with Gasteiger partial charge in [0.05, 0.1) is 6.10 Å². The van der Waals surface area contributed by atoms with Gasteiger partial charge >= 0.3 is 5.76 Å². The number of benzene rings is 2. The Kier molecular flexibility index (Phi) is 4.43. The van der Waals surface area contributed by atoms with Gasteiger partial charge < -0.3 is 10.4 Å². The Labute approximate surface area is 137 Å². The number of aromatic nitrogens is 2. The topological polar surface area (TPSA) is 108 Å². The molecular weight excluding hydrogens is 310 g/mol. The van der Waals surface area contributed by atoms with Gasteiger partial charge in [-0.3, -0.25) is 14.3 Å². The summed E-state index contributed by atoms with van der Waals surface area (Å²) in [5.74, 6) is -0.635. The lowest BCUT2D eigenvalue weighted by atomic mass is 10.00. The summed E-state index contributed by atoms with van der Waals surface area (Å²) in [6, 6.07) is 10.9. The third-order valence-corrected chi connectivity index (χ3v) is 3.67. The lowest BCUT2D eigenvalue weighted by molar-refractivity contribution is 0.0947. The van der Waals surface area contributed by atoms with Crippen LogP contribution < -0.4 is 11.1 Å². The van der Waals surface area contributed by atoms with Crippen molar-refractivity contribution in [2.24, 2.45) is 0 Å². The van der Waals surface area contributed by atoms with Crippen LogP contribution in [-0.4, -0.2) is 33.8 Å². The van der Waals surface area contributed by atoms with Crippen molar-refractivity contribution in [3.05, 3.63) is 52.5 Å². The van der Waals surface area contributed by atoms with E-state index in [9.17, 15) is 14.7 Å². The molecule has 0 aliphatic heterocycles. The third-order valence-electron chi connectivity index (χ3n) is 3.67. The van der Waals surface area contributed by atoms with Gasteiger partial charge in [-0.1, -0.05) is 29.4 Å². The van der Waals surface area contributed by atoms with Crippen molar-refractivity contribution in [1.82, 2.24) is 15.5 Å². The molecule has 7 nitrogen and oxygen atoms in total. The normalized spacial score (nSPS) is 12.2. The van der Waals surface area contributed by atoms with Crippen molar-refractivity contribution in [3.63, 3.8) is 0 Å². The van der Waals surface area contributed by atoms with E-state index in [1.54, 1.807) is 13.0 Å². The Morgan fingerprint density at radius 3 is 2.88 bits per heavy atom. The van der Waals surface area contributed by atoms with Gasteiger partial charge in [-0.05, 0) is 36.2 Å². The minimum absolute atomic E-state index is 0.250. The second-order valence-corrected chi connectivity index (χ2v) is 5.58. The summed E-state index contributed by atoms with van der Waals surface area (Å²) in [4.78, 5) is 26.2. The molecule has 0 saturated carbocycles. The number of H-pyrrole nitrogens is 1.